The summed E-state index contributed by atoms with van der Waals surface area (Å²) in [6.45, 7) is 3.89. The zero-order valence-corrected chi connectivity index (χ0v) is 16.9. The molecule has 0 aliphatic rings. The molecule has 0 aliphatic carbocycles. The molecule has 4 aromatic rings. The van der Waals surface area contributed by atoms with Gasteiger partial charge < -0.3 is 4.74 Å². The summed E-state index contributed by atoms with van der Waals surface area (Å²) in [5.74, 6) is -0.406. The lowest BCUT2D eigenvalue weighted by Gasteiger charge is -2.06. The molecular formula is C22H19N3O3S. The third-order valence-corrected chi connectivity index (χ3v) is 5.32. The maximum absolute atomic E-state index is 12.2. The lowest BCUT2D eigenvalue weighted by atomic mass is 10.1. The molecule has 0 saturated carbocycles. The number of ether oxygens (including phenoxy) is 1. The second kappa shape index (κ2) is 7.97. The molecule has 7 heteroatoms. The van der Waals surface area contributed by atoms with Crippen LogP contribution in [0.15, 0.2) is 58.8 Å². The number of pyridine rings is 1. The molecule has 3 heterocycles. The highest BCUT2D eigenvalue weighted by Gasteiger charge is 2.12. The first-order chi connectivity index (χ1) is 14.0. The van der Waals surface area contributed by atoms with Crippen LogP contribution in [-0.4, -0.2) is 20.3 Å². The first-order valence-electron chi connectivity index (χ1n) is 9.14. The number of carbonyl (C=O) groups is 1. The minimum absolute atomic E-state index is 0.0483. The smallest absolute Gasteiger partial charge is 0.312 e. The Kier molecular flexibility index (Phi) is 5.22. The molecule has 146 valence electrons. The van der Waals surface area contributed by atoms with Gasteiger partial charge in [-0.3, -0.25) is 14.0 Å². The minimum atomic E-state index is -0.406. The molecule has 0 saturated heterocycles. The predicted octanol–water partition coefficient (Wildman–Crippen LogP) is 3.72. The fourth-order valence-electron chi connectivity index (χ4n) is 2.98. The van der Waals surface area contributed by atoms with Crippen molar-refractivity contribution in [2.24, 2.45) is 0 Å². The second-order valence-corrected chi connectivity index (χ2v) is 7.73. The molecule has 0 N–H and O–H groups in total. The molecule has 0 amide bonds. The fourth-order valence-corrected chi connectivity index (χ4v) is 3.80. The number of fused-ring (bicyclic) bond motifs is 1. The van der Waals surface area contributed by atoms with Crippen molar-refractivity contribution >= 4 is 23.0 Å². The Morgan fingerprint density at radius 1 is 1.07 bits per heavy atom. The van der Waals surface area contributed by atoms with Crippen molar-refractivity contribution in [2.45, 2.75) is 26.9 Å². The van der Waals surface area contributed by atoms with Crippen LogP contribution in [0.5, 0.6) is 0 Å². The zero-order chi connectivity index (χ0) is 20.4. The van der Waals surface area contributed by atoms with Crippen LogP contribution < -0.4 is 5.56 Å². The maximum Gasteiger partial charge on any atom is 0.312 e. The van der Waals surface area contributed by atoms with Crippen molar-refractivity contribution in [1.29, 1.82) is 0 Å². The molecule has 4 rings (SSSR count). The van der Waals surface area contributed by atoms with Gasteiger partial charge in [-0.15, -0.1) is 11.3 Å². The average molecular weight is 405 g/mol. The topological polar surface area (TPSA) is 73.6 Å². The molecule has 0 unspecified atom stereocenters. The van der Waals surface area contributed by atoms with E-state index in [1.807, 2.05) is 43.5 Å². The van der Waals surface area contributed by atoms with Crippen LogP contribution in [0.2, 0.25) is 0 Å². The molecule has 6 nitrogen and oxygen atoms in total. The van der Waals surface area contributed by atoms with E-state index in [-0.39, 0.29) is 18.6 Å². The van der Waals surface area contributed by atoms with E-state index in [2.05, 4.69) is 16.0 Å². The maximum atomic E-state index is 12.2. The van der Waals surface area contributed by atoms with E-state index in [0.29, 0.717) is 17.0 Å². The van der Waals surface area contributed by atoms with Crippen molar-refractivity contribution in [3.63, 3.8) is 0 Å². The van der Waals surface area contributed by atoms with Gasteiger partial charge in [-0.05, 0) is 31.5 Å². The fraction of sp³-hybridized carbons (Fsp3) is 0.182. The van der Waals surface area contributed by atoms with E-state index in [1.165, 1.54) is 21.8 Å². The molecule has 0 atom stereocenters. The van der Waals surface area contributed by atoms with Crippen LogP contribution in [0.4, 0.5) is 0 Å². The van der Waals surface area contributed by atoms with Crippen LogP contribution in [0, 0.1) is 13.8 Å². The first kappa shape index (κ1) is 19.0. The molecule has 29 heavy (non-hydrogen) atoms. The summed E-state index contributed by atoms with van der Waals surface area (Å²) in [5, 5.41) is 2.73. The van der Waals surface area contributed by atoms with E-state index in [0.717, 1.165) is 21.7 Å². The lowest BCUT2D eigenvalue weighted by molar-refractivity contribution is -0.144. The zero-order valence-electron chi connectivity index (χ0n) is 16.1. The van der Waals surface area contributed by atoms with Gasteiger partial charge in [0.05, 0.1) is 17.8 Å². The monoisotopic (exact) mass is 405 g/mol. The number of carbonyl (C=O) groups excluding carboxylic acids is 1. The largest absolute Gasteiger partial charge is 0.459 e. The number of esters is 1. The SMILES string of the molecule is Cc1cccc(-c2nc(CC(=O)OCc3cc(=O)n4cc(C)ccc4n3)cs2)c1. The highest BCUT2D eigenvalue weighted by molar-refractivity contribution is 7.13. The van der Waals surface area contributed by atoms with Gasteiger partial charge in [0.15, 0.2) is 0 Å². The highest BCUT2D eigenvalue weighted by atomic mass is 32.1. The quantitative estimate of drug-likeness (QED) is 0.473. The molecular weight excluding hydrogens is 386 g/mol. The van der Waals surface area contributed by atoms with Gasteiger partial charge >= 0.3 is 5.97 Å². The summed E-state index contributed by atoms with van der Waals surface area (Å²) in [6.07, 6.45) is 1.81. The third-order valence-electron chi connectivity index (χ3n) is 4.38. The van der Waals surface area contributed by atoms with Crippen LogP contribution in [0.3, 0.4) is 0 Å². The van der Waals surface area contributed by atoms with Gasteiger partial charge in [0.2, 0.25) is 0 Å². The second-order valence-electron chi connectivity index (χ2n) is 6.87. The van der Waals surface area contributed by atoms with Crippen molar-refractivity contribution in [3.8, 4) is 10.6 Å². The van der Waals surface area contributed by atoms with Crippen molar-refractivity contribution < 1.29 is 9.53 Å². The van der Waals surface area contributed by atoms with Gasteiger partial charge in [0, 0.05) is 23.2 Å². The normalized spacial score (nSPS) is 11.0. The number of aryl methyl sites for hydroxylation is 2. The highest BCUT2D eigenvalue weighted by Crippen LogP contribution is 2.24. The first-order valence-corrected chi connectivity index (χ1v) is 10.0. The van der Waals surface area contributed by atoms with Gasteiger partial charge in [-0.25, -0.2) is 9.97 Å². The van der Waals surface area contributed by atoms with E-state index in [1.54, 1.807) is 12.3 Å². The molecule has 3 aromatic heterocycles. The molecule has 0 spiro atoms. The molecule has 1 aromatic carbocycles. The van der Waals surface area contributed by atoms with Gasteiger partial charge in [0.25, 0.3) is 5.56 Å². The Labute approximate surface area is 171 Å². The van der Waals surface area contributed by atoms with Crippen LogP contribution in [0.25, 0.3) is 16.2 Å². The number of thiazole rings is 1. The number of hydrogen-bond donors (Lipinski definition) is 0. The average Bonchev–Trinajstić information content (AvgIpc) is 3.15. The summed E-state index contributed by atoms with van der Waals surface area (Å²) >= 11 is 1.50. The Morgan fingerprint density at radius 2 is 1.93 bits per heavy atom. The van der Waals surface area contributed by atoms with E-state index in [4.69, 9.17) is 4.74 Å². The number of nitrogens with zero attached hydrogens (tertiary/aromatic N) is 3. The molecule has 0 fully saturated rings. The van der Waals surface area contributed by atoms with Crippen molar-refractivity contribution in [3.05, 3.63) is 86.9 Å². The Hall–Kier alpha value is -3.32. The van der Waals surface area contributed by atoms with Crippen LogP contribution in [-0.2, 0) is 22.6 Å². The minimum Gasteiger partial charge on any atom is -0.459 e. The Bertz CT molecular complexity index is 1260. The molecule has 0 radical (unpaired) electrons. The number of benzene rings is 1. The number of rotatable bonds is 5. The Morgan fingerprint density at radius 3 is 2.76 bits per heavy atom. The van der Waals surface area contributed by atoms with Crippen LogP contribution in [0.1, 0.15) is 22.5 Å². The van der Waals surface area contributed by atoms with Crippen molar-refractivity contribution in [2.75, 3.05) is 0 Å². The van der Waals surface area contributed by atoms with E-state index < -0.39 is 5.97 Å². The summed E-state index contributed by atoms with van der Waals surface area (Å²) in [6, 6.07) is 13.1. The lowest BCUT2D eigenvalue weighted by Crippen LogP contribution is -2.17. The van der Waals surface area contributed by atoms with Gasteiger partial charge in [0.1, 0.15) is 17.3 Å². The molecule has 0 bridgehead atoms. The van der Waals surface area contributed by atoms with Gasteiger partial charge in [-0.1, -0.05) is 29.8 Å². The Balaban J connectivity index is 1.41. The standard InChI is InChI=1S/C22H19N3O3S/c1-14-4-3-5-16(8-14)22-24-18(13-29-22)10-21(27)28-12-17-9-20(26)25-11-15(2)6-7-19(25)23-17/h3-9,11,13H,10,12H2,1-2H3. The van der Waals surface area contributed by atoms with Gasteiger partial charge in [-0.2, -0.15) is 0 Å². The predicted molar refractivity (Wildman–Crippen MR) is 112 cm³/mol. The summed E-state index contributed by atoms with van der Waals surface area (Å²) in [4.78, 5) is 33.3. The van der Waals surface area contributed by atoms with Crippen molar-refractivity contribution in [1.82, 2.24) is 14.4 Å². The molecule has 0 aliphatic heterocycles. The summed E-state index contributed by atoms with van der Waals surface area (Å²) in [5.41, 5.74) is 4.57. The van der Waals surface area contributed by atoms with E-state index >= 15 is 0 Å². The van der Waals surface area contributed by atoms with Crippen LogP contribution >= 0.6 is 11.3 Å². The third kappa shape index (κ3) is 4.41. The number of aromatic nitrogens is 3. The summed E-state index contributed by atoms with van der Waals surface area (Å²) in [7, 11) is 0. The van der Waals surface area contributed by atoms with E-state index in [9.17, 15) is 9.59 Å². The number of hydrogen-bond acceptors (Lipinski definition) is 6. The summed E-state index contributed by atoms with van der Waals surface area (Å²) < 4.78 is 6.78.